The summed E-state index contributed by atoms with van der Waals surface area (Å²) in [6, 6.07) is 18.4. The minimum atomic E-state index is -0.784. The van der Waals surface area contributed by atoms with Gasteiger partial charge in [0.05, 0.1) is 7.11 Å². The largest absolute Gasteiger partial charge is 0.497 e. The van der Waals surface area contributed by atoms with Crippen LogP contribution in [-0.2, 0) is 0 Å². The summed E-state index contributed by atoms with van der Waals surface area (Å²) in [6.07, 6.45) is 3.11. The number of aromatic nitrogens is 1. The first-order valence-corrected chi connectivity index (χ1v) is 8.13. The Bertz CT molecular complexity index is 878. The maximum atomic E-state index is 13.0. The van der Waals surface area contributed by atoms with Gasteiger partial charge in [-0.05, 0) is 42.0 Å². The SMILES string of the molecule is COc1ccc(C(=O)NC(C(=O)c2ccncc2)c2ccccc2)cc1. The number of pyridine rings is 1. The number of hydrogen-bond acceptors (Lipinski definition) is 4. The van der Waals surface area contributed by atoms with E-state index in [1.54, 1.807) is 55.9 Å². The van der Waals surface area contributed by atoms with E-state index in [9.17, 15) is 9.59 Å². The number of amides is 1. The number of rotatable bonds is 6. The van der Waals surface area contributed by atoms with Crippen LogP contribution < -0.4 is 10.1 Å². The lowest BCUT2D eigenvalue weighted by molar-refractivity contribution is 0.0857. The topological polar surface area (TPSA) is 68.3 Å². The number of methoxy groups -OCH3 is 1. The zero-order valence-corrected chi connectivity index (χ0v) is 14.3. The number of carbonyl (C=O) groups excluding carboxylic acids is 2. The summed E-state index contributed by atoms with van der Waals surface area (Å²) in [6.45, 7) is 0. The van der Waals surface area contributed by atoms with Crippen LogP contribution in [-0.4, -0.2) is 23.8 Å². The zero-order valence-electron chi connectivity index (χ0n) is 14.3. The summed E-state index contributed by atoms with van der Waals surface area (Å²) in [5.74, 6) is 0.137. The van der Waals surface area contributed by atoms with E-state index in [4.69, 9.17) is 4.74 Å². The van der Waals surface area contributed by atoms with Gasteiger partial charge in [0.15, 0.2) is 5.78 Å². The Morgan fingerprint density at radius 2 is 1.54 bits per heavy atom. The van der Waals surface area contributed by atoms with Gasteiger partial charge in [-0.25, -0.2) is 0 Å². The molecule has 0 aliphatic heterocycles. The first-order valence-electron chi connectivity index (χ1n) is 8.13. The van der Waals surface area contributed by atoms with E-state index in [2.05, 4.69) is 10.3 Å². The van der Waals surface area contributed by atoms with Crippen LogP contribution in [0.5, 0.6) is 5.75 Å². The van der Waals surface area contributed by atoms with Crippen LogP contribution in [0.25, 0.3) is 0 Å². The smallest absolute Gasteiger partial charge is 0.252 e. The quantitative estimate of drug-likeness (QED) is 0.694. The van der Waals surface area contributed by atoms with Gasteiger partial charge in [0.25, 0.3) is 5.91 Å². The number of nitrogens with one attached hydrogen (secondary N) is 1. The number of benzene rings is 2. The molecule has 1 heterocycles. The molecule has 0 fully saturated rings. The Balaban J connectivity index is 1.88. The van der Waals surface area contributed by atoms with E-state index >= 15 is 0 Å². The molecule has 26 heavy (non-hydrogen) atoms. The molecule has 3 rings (SSSR count). The van der Waals surface area contributed by atoms with E-state index in [1.807, 2.05) is 30.3 Å². The van der Waals surface area contributed by atoms with Gasteiger partial charge < -0.3 is 10.1 Å². The molecule has 1 unspecified atom stereocenters. The second-order valence-electron chi connectivity index (χ2n) is 5.65. The van der Waals surface area contributed by atoms with Crippen LogP contribution in [0.1, 0.15) is 32.3 Å². The Morgan fingerprint density at radius 3 is 2.15 bits per heavy atom. The molecule has 130 valence electrons. The average Bonchev–Trinajstić information content (AvgIpc) is 2.72. The van der Waals surface area contributed by atoms with Crippen LogP contribution in [0.4, 0.5) is 0 Å². The van der Waals surface area contributed by atoms with Crippen molar-refractivity contribution in [2.45, 2.75) is 6.04 Å². The van der Waals surface area contributed by atoms with Crippen molar-refractivity contribution in [2.75, 3.05) is 7.11 Å². The molecular weight excluding hydrogens is 328 g/mol. The van der Waals surface area contributed by atoms with E-state index in [-0.39, 0.29) is 11.7 Å². The third-order valence-electron chi connectivity index (χ3n) is 3.99. The van der Waals surface area contributed by atoms with Crippen LogP contribution in [0.3, 0.4) is 0 Å². The van der Waals surface area contributed by atoms with Gasteiger partial charge in [-0.2, -0.15) is 0 Å². The Hall–Kier alpha value is -3.47. The van der Waals surface area contributed by atoms with Crippen LogP contribution in [0.2, 0.25) is 0 Å². The van der Waals surface area contributed by atoms with Crippen molar-refractivity contribution in [1.29, 1.82) is 0 Å². The normalized spacial score (nSPS) is 11.4. The molecule has 0 aliphatic carbocycles. The molecule has 0 radical (unpaired) electrons. The van der Waals surface area contributed by atoms with Crippen LogP contribution >= 0.6 is 0 Å². The molecule has 1 atom stereocenters. The fourth-order valence-corrected chi connectivity index (χ4v) is 2.59. The number of Topliss-reactive ketones (excluding diaryl/α,β-unsaturated/α-hetero) is 1. The molecule has 2 aromatic carbocycles. The summed E-state index contributed by atoms with van der Waals surface area (Å²) in [5.41, 5.74) is 1.66. The van der Waals surface area contributed by atoms with Crippen molar-refractivity contribution >= 4 is 11.7 Å². The highest BCUT2D eigenvalue weighted by atomic mass is 16.5. The second-order valence-corrected chi connectivity index (χ2v) is 5.65. The number of carbonyl (C=O) groups is 2. The van der Waals surface area contributed by atoms with Crippen molar-refractivity contribution in [1.82, 2.24) is 10.3 Å². The van der Waals surface area contributed by atoms with Gasteiger partial charge in [-0.15, -0.1) is 0 Å². The van der Waals surface area contributed by atoms with Gasteiger partial charge >= 0.3 is 0 Å². The molecule has 0 spiro atoms. The van der Waals surface area contributed by atoms with Crippen LogP contribution in [0, 0.1) is 0 Å². The summed E-state index contributed by atoms with van der Waals surface area (Å²) in [4.78, 5) is 29.5. The third-order valence-corrected chi connectivity index (χ3v) is 3.99. The lowest BCUT2D eigenvalue weighted by Crippen LogP contribution is -2.34. The molecule has 0 aliphatic rings. The molecule has 1 aromatic heterocycles. The Labute approximate surface area is 151 Å². The summed E-state index contributed by atoms with van der Waals surface area (Å²) < 4.78 is 5.10. The van der Waals surface area contributed by atoms with Crippen molar-refractivity contribution in [3.63, 3.8) is 0 Å². The fraction of sp³-hybridized carbons (Fsp3) is 0.0952. The number of ketones is 1. The maximum Gasteiger partial charge on any atom is 0.252 e. The molecular formula is C21H18N2O3. The van der Waals surface area contributed by atoms with Gasteiger partial charge in [0.1, 0.15) is 11.8 Å². The van der Waals surface area contributed by atoms with E-state index in [0.717, 1.165) is 5.56 Å². The zero-order chi connectivity index (χ0) is 18.4. The highest BCUT2D eigenvalue weighted by Gasteiger charge is 2.24. The Morgan fingerprint density at radius 1 is 0.885 bits per heavy atom. The van der Waals surface area contributed by atoms with E-state index in [0.29, 0.717) is 16.9 Å². The summed E-state index contributed by atoms with van der Waals surface area (Å²) in [5, 5.41) is 2.84. The van der Waals surface area contributed by atoms with Gasteiger partial charge in [-0.3, -0.25) is 14.6 Å². The van der Waals surface area contributed by atoms with E-state index < -0.39 is 6.04 Å². The highest BCUT2D eigenvalue weighted by molar-refractivity contribution is 6.04. The maximum absolute atomic E-state index is 13.0. The number of ether oxygens (including phenoxy) is 1. The molecule has 5 heteroatoms. The lowest BCUT2D eigenvalue weighted by atomic mass is 9.97. The fourth-order valence-electron chi connectivity index (χ4n) is 2.59. The number of hydrogen-bond donors (Lipinski definition) is 1. The second kappa shape index (κ2) is 8.07. The van der Waals surface area contributed by atoms with Gasteiger partial charge in [0.2, 0.25) is 0 Å². The van der Waals surface area contributed by atoms with Crippen molar-refractivity contribution in [3.8, 4) is 5.75 Å². The first-order chi connectivity index (χ1) is 12.7. The van der Waals surface area contributed by atoms with Crippen molar-refractivity contribution in [2.24, 2.45) is 0 Å². The predicted octanol–water partition coefficient (Wildman–Crippen LogP) is 3.44. The average molecular weight is 346 g/mol. The highest BCUT2D eigenvalue weighted by Crippen LogP contribution is 2.20. The van der Waals surface area contributed by atoms with Crippen molar-refractivity contribution < 1.29 is 14.3 Å². The lowest BCUT2D eigenvalue weighted by Gasteiger charge is -2.18. The molecule has 1 N–H and O–H groups in total. The summed E-state index contributed by atoms with van der Waals surface area (Å²) in [7, 11) is 1.56. The molecule has 5 nitrogen and oxygen atoms in total. The standard InChI is InChI=1S/C21H18N2O3/c1-26-18-9-7-17(8-10-18)21(25)23-19(15-5-3-2-4-6-15)20(24)16-11-13-22-14-12-16/h2-14,19H,1H3,(H,23,25). The molecule has 0 saturated carbocycles. The van der Waals surface area contributed by atoms with Crippen LogP contribution in [0.15, 0.2) is 79.1 Å². The Kier molecular flexibility index (Phi) is 5.39. The van der Waals surface area contributed by atoms with E-state index in [1.165, 1.54) is 0 Å². The molecule has 0 bridgehead atoms. The number of nitrogens with zero attached hydrogens (tertiary/aromatic N) is 1. The minimum absolute atomic E-state index is 0.194. The summed E-state index contributed by atoms with van der Waals surface area (Å²) >= 11 is 0. The van der Waals surface area contributed by atoms with Gasteiger partial charge in [-0.1, -0.05) is 30.3 Å². The molecule has 0 saturated heterocycles. The first kappa shape index (κ1) is 17.4. The van der Waals surface area contributed by atoms with Gasteiger partial charge in [0, 0.05) is 23.5 Å². The minimum Gasteiger partial charge on any atom is -0.497 e. The monoisotopic (exact) mass is 346 g/mol. The third kappa shape index (κ3) is 3.95. The molecule has 1 amide bonds. The predicted molar refractivity (Wildman–Crippen MR) is 98.2 cm³/mol. The molecule has 3 aromatic rings. The van der Waals surface area contributed by atoms with Crippen molar-refractivity contribution in [3.05, 3.63) is 95.8 Å².